The van der Waals surface area contributed by atoms with Crippen LogP contribution in [0.4, 0.5) is 15.9 Å². The Balaban J connectivity index is 2.07. The molecule has 2 rings (SSSR count). The van der Waals surface area contributed by atoms with E-state index < -0.39 is 0 Å². The lowest BCUT2D eigenvalue weighted by Crippen LogP contribution is -2.17. The number of anilines is 2. The van der Waals surface area contributed by atoms with E-state index in [1.54, 1.807) is 26.1 Å². The first-order chi connectivity index (χ1) is 8.97. The van der Waals surface area contributed by atoms with Gasteiger partial charge in [0.1, 0.15) is 5.82 Å². The molecule has 6 heteroatoms. The number of hydrogen-bond acceptors (Lipinski definition) is 3. The number of aromatic nitrogens is 2. The van der Waals surface area contributed by atoms with E-state index >= 15 is 0 Å². The van der Waals surface area contributed by atoms with Gasteiger partial charge in [0, 0.05) is 7.05 Å². The van der Waals surface area contributed by atoms with Gasteiger partial charge in [-0.2, -0.15) is 5.10 Å². The second kappa shape index (κ2) is 5.09. The summed E-state index contributed by atoms with van der Waals surface area (Å²) < 4.78 is 14.3. The third-order valence-electron chi connectivity index (χ3n) is 2.80. The maximum Gasteiger partial charge on any atom is 0.229 e. The number of benzene rings is 1. The van der Waals surface area contributed by atoms with Crippen molar-refractivity contribution >= 4 is 17.4 Å². The third kappa shape index (κ3) is 2.90. The van der Waals surface area contributed by atoms with Crippen molar-refractivity contribution in [1.82, 2.24) is 9.78 Å². The molecule has 1 heterocycles. The predicted octanol–water partition coefficient (Wildman–Crippen LogP) is 1.63. The Labute approximate surface area is 110 Å². The molecular weight excluding hydrogens is 247 g/mol. The minimum absolute atomic E-state index is 0.157. The Morgan fingerprint density at radius 3 is 2.58 bits per heavy atom. The second-order valence-corrected chi connectivity index (χ2v) is 4.32. The van der Waals surface area contributed by atoms with Gasteiger partial charge >= 0.3 is 0 Å². The van der Waals surface area contributed by atoms with Crippen LogP contribution in [-0.4, -0.2) is 15.7 Å². The van der Waals surface area contributed by atoms with E-state index in [0.29, 0.717) is 17.2 Å². The van der Waals surface area contributed by atoms with Crippen LogP contribution in [0.3, 0.4) is 0 Å². The Kier molecular flexibility index (Phi) is 3.50. The minimum atomic E-state index is -0.323. The highest BCUT2D eigenvalue weighted by molar-refractivity contribution is 5.94. The molecule has 19 heavy (non-hydrogen) atoms. The van der Waals surface area contributed by atoms with Gasteiger partial charge in [-0.25, -0.2) is 4.39 Å². The summed E-state index contributed by atoms with van der Waals surface area (Å²) in [5.74, 6) is -0.0680. The van der Waals surface area contributed by atoms with Gasteiger partial charge < -0.3 is 11.1 Å². The molecule has 0 aliphatic rings. The van der Waals surface area contributed by atoms with Crippen LogP contribution in [0.2, 0.25) is 0 Å². The maximum absolute atomic E-state index is 12.8. The van der Waals surface area contributed by atoms with Crippen molar-refractivity contribution in [3.8, 4) is 0 Å². The van der Waals surface area contributed by atoms with Crippen LogP contribution in [-0.2, 0) is 18.3 Å². The van der Waals surface area contributed by atoms with Crippen molar-refractivity contribution in [3.63, 3.8) is 0 Å². The van der Waals surface area contributed by atoms with E-state index in [4.69, 9.17) is 5.73 Å². The summed E-state index contributed by atoms with van der Waals surface area (Å²) >= 11 is 0. The molecule has 0 aliphatic carbocycles. The number of carbonyl (C=O) groups excluding carboxylic acids is 1. The lowest BCUT2D eigenvalue weighted by molar-refractivity contribution is -0.115. The molecular formula is C13H15FN4O. The minimum Gasteiger partial charge on any atom is -0.394 e. The van der Waals surface area contributed by atoms with Gasteiger partial charge in [0.2, 0.25) is 5.91 Å². The average molecular weight is 262 g/mol. The summed E-state index contributed by atoms with van der Waals surface area (Å²) in [4.78, 5) is 11.9. The molecule has 1 aromatic heterocycles. The predicted molar refractivity (Wildman–Crippen MR) is 71.1 cm³/mol. The summed E-state index contributed by atoms with van der Waals surface area (Å²) in [6.45, 7) is 1.77. The van der Waals surface area contributed by atoms with E-state index in [2.05, 4.69) is 10.4 Å². The zero-order valence-corrected chi connectivity index (χ0v) is 10.8. The van der Waals surface area contributed by atoms with Crippen molar-refractivity contribution in [2.24, 2.45) is 7.05 Å². The number of halogens is 1. The Hall–Kier alpha value is -2.37. The Bertz CT molecular complexity index is 604. The van der Waals surface area contributed by atoms with Crippen LogP contribution in [0, 0.1) is 12.7 Å². The van der Waals surface area contributed by atoms with Crippen LogP contribution in [0.1, 0.15) is 11.3 Å². The van der Waals surface area contributed by atoms with Gasteiger partial charge in [-0.3, -0.25) is 9.48 Å². The van der Waals surface area contributed by atoms with Crippen molar-refractivity contribution in [2.75, 3.05) is 11.1 Å². The standard InChI is InChI=1S/C13H15FN4O/c1-8-12(15)13(18(2)17-8)16-11(19)7-9-3-5-10(14)6-4-9/h3-6H,7,15H2,1-2H3,(H,16,19). The summed E-state index contributed by atoms with van der Waals surface area (Å²) in [7, 11) is 1.71. The van der Waals surface area contributed by atoms with E-state index in [1.807, 2.05) is 0 Å². The number of nitrogens with zero attached hydrogens (tertiary/aromatic N) is 2. The fraction of sp³-hybridized carbons (Fsp3) is 0.231. The van der Waals surface area contributed by atoms with Gasteiger partial charge in [-0.05, 0) is 24.6 Å². The summed E-state index contributed by atoms with van der Waals surface area (Å²) in [5.41, 5.74) is 7.67. The number of carbonyl (C=O) groups is 1. The van der Waals surface area contributed by atoms with Crippen molar-refractivity contribution < 1.29 is 9.18 Å². The molecule has 0 fully saturated rings. The number of nitrogens with one attached hydrogen (secondary N) is 1. The lowest BCUT2D eigenvalue weighted by Gasteiger charge is -2.06. The molecule has 0 aliphatic heterocycles. The van der Waals surface area contributed by atoms with Crippen LogP contribution in [0.5, 0.6) is 0 Å². The quantitative estimate of drug-likeness (QED) is 0.883. The lowest BCUT2D eigenvalue weighted by atomic mass is 10.1. The molecule has 3 N–H and O–H groups in total. The first-order valence-corrected chi connectivity index (χ1v) is 5.80. The van der Waals surface area contributed by atoms with Gasteiger partial charge in [-0.15, -0.1) is 0 Å². The fourth-order valence-electron chi connectivity index (χ4n) is 1.79. The van der Waals surface area contributed by atoms with E-state index in [-0.39, 0.29) is 18.1 Å². The topological polar surface area (TPSA) is 72.9 Å². The van der Waals surface area contributed by atoms with Gasteiger partial charge in [0.05, 0.1) is 17.8 Å². The highest BCUT2D eigenvalue weighted by atomic mass is 19.1. The maximum atomic E-state index is 12.8. The molecule has 2 aromatic rings. The van der Waals surface area contributed by atoms with Gasteiger partial charge in [0.25, 0.3) is 0 Å². The fourth-order valence-corrected chi connectivity index (χ4v) is 1.79. The normalized spacial score (nSPS) is 10.5. The smallest absolute Gasteiger partial charge is 0.229 e. The second-order valence-electron chi connectivity index (χ2n) is 4.32. The number of nitrogens with two attached hydrogens (primary N) is 1. The Morgan fingerprint density at radius 1 is 1.42 bits per heavy atom. The van der Waals surface area contributed by atoms with Crippen LogP contribution in [0.15, 0.2) is 24.3 Å². The van der Waals surface area contributed by atoms with Gasteiger partial charge in [-0.1, -0.05) is 12.1 Å². The van der Waals surface area contributed by atoms with Crippen molar-refractivity contribution in [2.45, 2.75) is 13.3 Å². The summed E-state index contributed by atoms with van der Waals surface area (Å²) in [6, 6.07) is 5.80. The van der Waals surface area contributed by atoms with Crippen molar-refractivity contribution in [1.29, 1.82) is 0 Å². The Morgan fingerprint density at radius 2 is 2.05 bits per heavy atom. The largest absolute Gasteiger partial charge is 0.394 e. The zero-order chi connectivity index (χ0) is 14.0. The van der Waals surface area contributed by atoms with Crippen molar-refractivity contribution in [3.05, 3.63) is 41.3 Å². The summed E-state index contributed by atoms with van der Waals surface area (Å²) in [6.07, 6.45) is 0.157. The molecule has 5 nitrogen and oxygen atoms in total. The number of aryl methyl sites for hydroxylation is 2. The molecule has 0 radical (unpaired) electrons. The number of amides is 1. The van der Waals surface area contributed by atoms with E-state index in [0.717, 1.165) is 5.56 Å². The SMILES string of the molecule is Cc1nn(C)c(NC(=O)Cc2ccc(F)cc2)c1N. The molecule has 0 atom stereocenters. The van der Waals surface area contributed by atoms with E-state index in [1.165, 1.54) is 16.8 Å². The molecule has 0 saturated heterocycles. The average Bonchev–Trinajstić information content (AvgIpc) is 2.59. The first kappa shape index (κ1) is 13.1. The third-order valence-corrected chi connectivity index (χ3v) is 2.80. The summed E-state index contributed by atoms with van der Waals surface area (Å²) in [5, 5.41) is 6.81. The highest BCUT2D eigenvalue weighted by Crippen LogP contribution is 2.21. The van der Waals surface area contributed by atoms with Crippen LogP contribution in [0.25, 0.3) is 0 Å². The highest BCUT2D eigenvalue weighted by Gasteiger charge is 2.13. The van der Waals surface area contributed by atoms with Crippen LogP contribution < -0.4 is 11.1 Å². The monoisotopic (exact) mass is 262 g/mol. The molecule has 100 valence electrons. The number of hydrogen-bond donors (Lipinski definition) is 2. The van der Waals surface area contributed by atoms with Crippen LogP contribution >= 0.6 is 0 Å². The molecule has 1 amide bonds. The van der Waals surface area contributed by atoms with E-state index in [9.17, 15) is 9.18 Å². The zero-order valence-electron chi connectivity index (χ0n) is 10.8. The number of nitrogen functional groups attached to an aromatic ring is 1. The molecule has 0 unspecified atom stereocenters. The van der Waals surface area contributed by atoms with Gasteiger partial charge in [0.15, 0.2) is 5.82 Å². The molecule has 0 spiro atoms. The molecule has 1 aromatic carbocycles. The molecule has 0 saturated carbocycles. The first-order valence-electron chi connectivity index (χ1n) is 5.80. The number of rotatable bonds is 3. The molecule has 0 bridgehead atoms.